The SMILES string of the molecule is O=C(OCc1ccccc1)c1ncoc1CCNC(=O)[C@H](Cc1ccccc1)N[C@@H](CCc1cccs1)C(=O)OCc1ccccc1. The Morgan fingerprint density at radius 2 is 1.38 bits per heavy atom. The van der Waals surface area contributed by atoms with Crippen LogP contribution >= 0.6 is 11.3 Å². The zero-order chi connectivity index (χ0) is 32.7. The Bertz CT molecular complexity index is 1680. The molecular formula is C37H37N3O6S. The number of ether oxygens (including phenoxy) is 2. The van der Waals surface area contributed by atoms with E-state index in [4.69, 9.17) is 13.9 Å². The van der Waals surface area contributed by atoms with E-state index in [1.165, 1.54) is 6.39 Å². The van der Waals surface area contributed by atoms with Gasteiger partial charge in [0, 0.05) is 17.8 Å². The number of nitrogens with one attached hydrogen (secondary N) is 2. The van der Waals surface area contributed by atoms with E-state index in [0.717, 1.165) is 21.6 Å². The van der Waals surface area contributed by atoms with Gasteiger partial charge < -0.3 is 19.2 Å². The second-order valence-corrected chi connectivity index (χ2v) is 11.9. The average molecular weight is 652 g/mol. The molecule has 2 heterocycles. The monoisotopic (exact) mass is 651 g/mol. The third-order valence-electron chi connectivity index (χ3n) is 7.47. The molecule has 2 atom stereocenters. The molecule has 10 heteroatoms. The number of aromatic nitrogens is 1. The standard InChI is InChI=1S/C37H37N3O6S/c41-35(38-21-20-33-34(39-26-46-33)37(43)45-25-29-15-8-3-9-16-29)32(23-27-11-4-1-5-12-27)40-31(19-18-30-17-10-22-47-30)36(42)44-24-28-13-6-2-7-14-28/h1-17,22,26,31-32,40H,18-21,23-25H2,(H,38,41)/t31-,32-/m0/s1. The van der Waals surface area contributed by atoms with Crippen LogP contribution in [0.25, 0.3) is 0 Å². The fourth-order valence-electron chi connectivity index (χ4n) is 4.99. The highest BCUT2D eigenvalue weighted by molar-refractivity contribution is 7.09. The van der Waals surface area contributed by atoms with Crippen molar-refractivity contribution in [2.75, 3.05) is 6.54 Å². The molecular weight excluding hydrogens is 614 g/mol. The lowest BCUT2D eigenvalue weighted by Gasteiger charge is -2.24. The van der Waals surface area contributed by atoms with Crippen LogP contribution in [0.2, 0.25) is 0 Å². The number of carbonyl (C=O) groups excluding carboxylic acids is 3. The molecule has 0 bridgehead atoms. The lowest BCUT2D eigenvalue weighted by Crippen LogP contribution is -2.52. The molecule has 0 radical (unpaired) electrons. The second kappa shape index (κ2) is 17.6. The number of hydrogen-bond donors (Lipinski definition) is 2. The summed E-state index contributed by atoms with van der Waals surface area (Å²) in [6.45, 7) is 0.426. The van der Waals surface area contributed by atoms with Crippen LogP contribution < -0.4 is 10.6 Å². The number of esters is 2. The minimum atomic E-state index is -0.736. The Labute approximate surface area is 278 Å². The zero-order valence-electron chi connectivity index (χ0n) is 25.9. The van der Waals surface area contributed by atoms with Crippen molar-refractivity contribution in [2.45, 2.75) is 51.0 Å². The smallest absolute Gasteiger partial charge is 0.360 e. The van der Waals surface area contributed by atoms with E-state index >= 15 is 0 Å². The molecule has 2 aromatic heterocycles. The van der Waals surface area contributed by atoms with Gasteiger partial charge in [-0.1, -0.05) is 97.1 Å². The van der Waals surface area contributed by atoms with Crippen LogP contribution in [0.3, 0.4) is 0 Å². The van der Waals surface area contributed by atoms with Gasteiger partial charge in [0.05, 0.1) is 6.04 Å². The molecule has 9 nitrogen and oxygen atoms in total. The predicted octanol–water partition coefficient (Wildman–Crippen LogP) is 5.70. The third-order valence-corrected chi connectivity index (χ3v) is 8.40. The number of carbonyl (C=O) groups is 3. The van der Waals surface area contributed by atoms with E-state index < -0.39 is 24.0 Å². The highest BCUT2D eigenvalue weighted by Gasteiger charge is 2.28. The summed E-state index contributed by atoms with van der Waals surface area (Å²) in [5, 5.41) is 8.26. The Morgan fingerprint density at radius 1 is 0.745 bits per heavy atom. The molecule has 0 aliphatic carbocycles. The highest BCUT2D eigenvalue weighted by Crippen LogP contribution is 2.15. The fourth-order valence-corrected chi connectivity index (χ4v) is 5.71. The van der Waals surface area contributed by atoms with Gasteiger partial charge in [-0.05, 0) is 47.4 Å². The molecule has 0 spiro atoms. The molecule has 0 saturated carbocycles. The summed E-state index contributed by atoms with van der Waals surface area (Å²) in [5.41, 5.74) is 2.75. The van der Waals surface area contributed by atoms with Gasteiger partial charge in [-0.15, -0.1) is 11.3 Å². The first kappa shape index (κ1) is 33.3. The number of amides is 1. The Morgan fingerprint density at radius 3 is 2.02 bits per heavy atom. The molecule has 5 aromatic rings. The van der Waals surface area contributed by atoms with Gasteiger partial charge in [0.25, 0.3) is 0 Å². The number of aryl methyl sites for hydroxylation is 1. The van der Waals surface area contributed by atoms with Crippen LogP contribution in [-0.2, 0) is 51.5 Å². The van der Waals surface area contributed by atoms with E-state index in [1.807, 2.05) is 109 Å². The quantitative estimate of drug-likeness (QED) is 0.123. The van der Waals surface area contributed by atoms with Crippen LogP contribution in [0.15, 0.2) is 119 Å². The van der Waals surface area contributed by atoms with E-state index in [2.05, 4.69) is 15.6 Å². The summed E-state index contributed by atoms with van der Waals surface area (Å²) in [4.78, 5) is 45.0. The first-order valence-corrected chi connectivity index (χ1v) is 16.4. The number of thiophene rings is 1. The first-order valence-electron chi connectivity index (χ1n) is 15.5. The van der Waals surface area contributed by atoms with E-state index in [-0.39, 0.29) is 37.8 Å². The molecule has 5 rings (SSSR count). The second-order valence-electron chi connectivity index (χ2n) is 10.9. The molecule has 0 aliphatic heterocycles. The molecule has 0 aliphatic rings. The van der Waals surface area contributed by atoms with Gasteiger partial charge >= 0.3 is 11.9 Å². The van der Waals surface area contributed by atoms with Gasteiger partial charge in [-0.25, -0.2) is 9.78 Å². The molecule has 0 unspecified atom stereocenters. The zero-order valence-corrected chi connectivity index (χ0v) is 26.7. The number of benzene rings is 3. The van der Waals surface area contributed by atoms with Crippen molar-refractivity contribution in [1.29, 1.82) is 0 Å². The Balaban J connectivity index is 1.23. The molecule has 242 valence electrons. The van der Waals surface area contributed by atoms with Crippen LogP contribution in [0, 0.1) is 0 Å². The number of oxazole rings is 1. The van der Waals surface area contributed by atoms with Crippen molar-refractivity contribution < 1.29 is 28.3 Å². The maximum Gasteiger partial charge on any atom is 0.360 e. The molecule has 0 saturated heterocycles. The van der Waals surface area contributed by atoms with Crippen molar-refractivity contribution in [3.8, 4) is 0 Å². The Hall–Kier alpha value is -5.06. The van der Waals surface area contributed by atoms with E-state index in [9.17, 15) is 14.4 Å². The average Bonchev–Trinajstić information content (AvgIpc) is 3.81. The topological polar surface area (TPSA) is 120 Å². The van der Waals surface area contributed by atoms with E-state index in [1.54, 1.807) is 11.3 Å². The van der Waals surface area contributed by atoms with Gasteiger partial charge in [-0.3, -0.25) is 14.9 Å². The van der Waals surface area contributed by atoms with Crippen LogP contribution in [0.5, 0.6) is 0 Å². The lowest BCUT2D eigenvalue weighted by atomic mass is 10.0. The molecule has 1 amide bonds. The van der Waals surface area contributed by atoms with Gasteiger partial charge in [0.1, 0.15) is 25.0 Å². The summed E-state index contributed by atoms with van der Waals surface area (Å²) in [6.07, 6.45) is 2.88. The largest absolute Gasteiger partial charge is 0.460 e. The normalized spacial score (nSPS) is 12.2. The van der Waals surface area contributed by atoms with Crippen LogP contribution in [0.4, 0.5) is 0 Å². The maximum atomic E-state index is 13.7. The number of nitrogens with zero attached hydrogens (tertiary/aromatic N) is 1. The summed E-state index contributed by atoms with van der Waals surface area (Å²) in [7, 11) is 0. The van der Waals surface area contributed by atoms with Crippen LogP contribution in [0.1, 0.15) is 44.2 Å². The minimum Gasteiger partial charge on any atom is -0.460 e. The van der Waals surface area contributed by atoms with Crippen molar-refractivity contribution in [1.82, 2.24) is 15.6 Å². The molecule has 47 heavy (non-hydrogen) atoms. The van der Waals surface area contributed by atoms with E-state index in [0.29, 0.717) is 25.0 Å². The summed E-state index contributed by atoms with van der Waals surface area (Å²) in [5.74, 6) is -1.00. The van der Waals surface area contributed by atoms with Crippen molar-refractivity contribution >= 4 is 29.2 Å². The summed E-state index contributed by atoms with van der Waals surface area (Å²) >= 11 is 1.62. The van der Waals surface area contributed by atoms with Crippen molar-refractivity contribution in [2.24, 2.45) is 0 Å². The third kappa shape index (κ3) is 10.5. The number of hydrogen-bond acceptors (Lipinski definition) is 9. The fraction of sp³-hybridized carbons (Fsp3) is 0.243. The number of rotatable bonds is 17. The molecule has 2 N–H and O–H groups in total. The Kier molecular flexibility index (Phi) is 12.5. The maximum absolute atomic E-state index is 13.7. The van der Waals surface area contributed by atoms with Gasteiger partial charge in [0.15, 0.2) is 12.1 Å². The lowest BCUT2D eigenvalue weighted by molar-refractivity contribution is -0.148. The van der Waals surface area contributed by atoms with Crippen LogP contribution in [-0.4, -0.2) is 41.5 Å². The van der Waals surface area contributed by atoms with Gasteiger partial charge in [-0.2, -0.15) is 0 Å². The highest BCUT2D eigenvalue weighted by atomic mass is 32.1. The molecule has 3 aromatic carbocycles. The predicted molar refractivity (Wildman–Crippen MR) is 179 cm³/mol. The first-order chi connectivity index (χ1) is 23.0. The van der Waals surface area contributed by atoms with Crippen molar-refractivity contribution in [3.05, 3.63) is 148 Å². The molecule has 0 fully saturated rings. The summed E-state index contributed by atoms with van der Waals surface area (Å²) < 4.78 is 16.6. The van der Waals surface area contributed by atoms with Gasteiger partial charge in [0.2, 0.25) is 5.91 Å². The van der Waals surface area contributed by atoms with Crippen molar-refractivity contribution in [3.63, 3.8) is 0 Å². The summed E-state index contributed by atoms with van der Waals surface area (Å²) in [6, 6.07) is 31.0. The minimum absolute atomic E-state index is 0.0731.